The van der Waals surface area contributed by atoms with Gasteiger partial charge >= 0.3 is 6.18 Å². The number of allylic oxidation sites excluding steroid dienone is 2. The van der Waals surface area contributed by atoms with Crippen LogP contribution in [0.15, 0.2) is 65.7 Å². The molecule has 3 atom stereocenters. The first kappa shape index (κ1) is 22.7. The molecule has 3 unspecified atom stereocenters. The van der Waals surface area contributed by atoms with Crippen LogP contribution in [0.1, 0.15) is 25.3 Å². The van der Waals surface area contributed by atoms with Gasteiger partial charge in [0, 0.05) is 5.41 Å². The summed E-state index contributed by atoms with van der Waals surface area (Å²) in [4.78, 5) is 12.2. The normalized spacial score (nSPS) is 23.5. The molecule has 0 aliphatic heterocycles. The molecule has 0 saturated heterocycles. The third kappa shape index (κ3) is 3.88. The van der Waals surface area contributed by atoms with E-state index in [2.05, 4.69) is 0 Å². The molecule has 0 spiro atoms. The second-order valence-electron chi connectivity index (χ2n) is 7.92. The minimum atomic E-state index is -4.82. The molecule has 0 radical (unpaired) electrons. The Morgan fingerprint density at radius 2 is 1.81 bits per heavy atom. The lowest BCUT2D eigenvalue weighted by Gasteiger charge is -2.27. The van der Waals surface area contributed by atoms with Crippen molar-refractivity contribution in [1.82, 2.24) is 0 Å². The van der Waals surface area contributed by atoms with E-state index in [4.69, 9.17) is 16.3 Å². The van der Waals surface area contributed by atoms with Crippen molar-refractivity contribution >= 4 is 17.6 Å². The van der Waals surface area contributed by atoms with Gasteiger partial charge < -0.3 is 14.6 Å². The lowest BCUT2D eigenvalue weighted by atomic mass is 9.78. The van der Waals surface area contributed by atoms with Crippen LogP contribution < -0.4 is 9.84 Å². The fourth-order valence-corrected chi connectivity index (χ4v) is 4.43. The van der Waals surface area contributed by atoms with E-state index in [1.165, 1.54) is 26.0 Å². The highest BCUT2D eigenvalue weighted by molar-refractivity contribution is 6.30. The summed E-state index contributed by atoms with van der Waals surface area (Å²) in [5.41, 5.74) is -2.79. The molecule has 31 heavy (non-hydrogen) atoms. The molecule has 0 amide bonds. The molecule has 1 fully saturated rings. The van der Waals surface area contributed by atoms with Crippen molar-refractivity contribution in [1.29, 1.82) is 5.26 Å². The summed E-state index contributed by atoms with van der Waals surface area (Å²) in [7, 11) is 0. The summed E-state index contributed by atoms with van der Waals surface area (Å²) < 4.78 is 44.6. The molecule has 4 nitrogen and oxygen atoms in total. The zero-order valence-corrected chi connectivity index (χ0v) is 17.4. The molecular formula is C23H18ClF3NO3-. The van der Waals surface area contributed by atoms with Gasteiger partial charge in [-0.15, -0.1) is 0 Å². The third-order valence-corrected chi connectivity index (χ3v) is 6.27. The van der Waals surface area contributed by atoms with Crippen LogP contribution in [0.4, 0.5) is 13.2 Å². The number of carboxylic acid groups (broad SMARTS) is 1. The summed E-state index contributed by atoms with van der Waals surface area (Å²) in [6.45, 7) is 2.97. The first-order valence-corrected chi connectivity index (χ1v) is 9.72. The number of nitrogens with zero attached hydrogens (tertiary/aromatic N) is 1. The summed E-state index contributed by atoms with van der Waals surface area (Å²) in [6.07, 6.45) is -4.14. The minimum Gasteiger partial charge on any atom is -0.549 e. The SMILES string of the molecule is CC1(C)C(C=C(Cl)C(F)(F)F)C1(C(=O)[O-])C(C#N)c1cccc(Oc2ccccc2)c1. The number of nitriles is 1. The standard InChI is InChI=1S/C23H19ClF3NO3/c1-21(2)18(12-19(24)23(25,26)27)22(21,20(29)30)17(13-28)14-7-6-10-16(11-14)31-15-8-4-3-5-9-15/h3-12,17-18H,1-2H3,(H,29,30)/p-1. The van der Waals surface area contributed by atoms with Crippen LogP contribution in [0.2, 0.25) is 0 Å². The van der Waals surface area contributed by atoms with Gasteiger partial charge in [0.05, 0.1) is 18.0 Å². The second-order valence-corrected chi connectivity index (χ2v) is 8.33. The Morgan fingerprint density at radius 3 is 2.35 bits per heavy atom. The Hall–Kier alpha value is -2.98. The maximum atomic E-state index is 13.0. The average molecular weight is 449 g/mol. The Bertz CT molecular complexity index is 1060. The number of para-hydroxylation sites is 1. The average Bonchev–Trinajstić information content (AvgIpc) is 3.18. The quantitative estimate of drug-likeness (QED) is 0.611. The molecule has 1 saturated carbocycles. The number of halogens is 4. The van der Waals surface area contributed by atoms with Gasteiger partial charge in [0.1, 0.15) is 16.5 Å². The predicted molar refractivity (Wildman–Crippen MR) is 106 cm³/mol. The zero-order valence-electron chi connectivity index (χ0n) is 16.6. The maximum Gasteiger partial charge on any atom is 0.426 e. The van der Waals surface area contributed by atoms with Crippen LogP contribution >= 0.6 is 11.6 Å². The third-order valence-electron chi connectivity index (χ3n) is 5.93. The number of benzene rings is 2. The summed E-state index contributed by atoms with van der Waals surface area (Å²) in [5.74, 6) is -3.15. The van der Waals surface area contributed by atoms with Crippen LogP contribution in [0, 0.1) is 28.1 Å². The summed E-state index contributed by atoms with van der Waals surface area (Å²) >= 11 is 5.38. The predicted octanol–water partition coefficient (Wildman–Crippen LogP) is 5.16. The van der Waals surface area contributed by atoms with E-state index in [0.717, 1.165) is 0 Å². The van der Waals surface area contributed by atoms with Gasteiger partial charge in [-0.2, -0.15) is 18.4 Å². The number of hydrogen-bond acceptors (Lipinski definition) is 4. The lowest BCUT2D eigenvalue weighted by Crippen LogP contribution is -2.40. The summed E-state index contributed by atoms with van der Waals surface area (Å²) in [6, 6.07) is 17.0. The van der Waals surface area contributed by atoms with Crippen molar-refractivity contribution in [2.75, 3.05) is 0 Å². The first-order valence-electron chi connectivity index (χ1n) is 9.34. The molecule has 162 valence electrons. The van der Waals surface area contributed by atoms with Crippen LogP contribution in [-0.4, -0.2) is 12.1 Å². The van der Waals surface area contributed by atoms with Crippen molar-refractivity contribution in [2.45, 2.75) is 25.9 Å². The van der Waals surface area contributed by atoms with E-state index in [9.17, 15) is 28.3 Å². The molecule has 0 aromatic heterocycles. The number of carbonyl (C=O) groups is 1. The lowest BCUT2D eigenvalue weighted by molar-refractivity contribution is -0.316. The Morgan fingerprint density at radius 1 is 1.19 bits per heavy atom. The van der Waals surface area contributed by atoms with Crippen molar-refractivity contribution in [2.24, 2.45) is 16.7 Å². The van der Waals surface area contributed by atoms with Gasteiger partial charge in [-0.3, -0.25) is 0 Å². The van der Waals surface area contributed by atoms with Crippen molar-refractivity contribution < 1.29 is 27.8 Å². The van der Waals surface area contributed by atoms with Gasteiger partial charge in [0.25, 0.3) is 0 Å². The number of alkyl halides is 3. The molecule has 2 aromatic carbocycles. The topological polar surface area (TPSA) is 73.1 Å². The van der Waals surface area contributed by atoms with Crippen molar-refractivity contribution in [3.05, 3.63) is 71.3 Å². The fraction of sp³-hybridized carbons (Fsp3) is 0.304. The fourth-order valence-electron chi connectivity index (χ4n) is 4.30. The Balaban J connectivity index is 2.03. The van der Waals surface area contributed by atoms with E-state index in [-0.39, 0.29) is 0 Å². The monoisotopic (exact) mass is 448 g/mol. The second kappa shape index (κ2) is 7.93. The van der Waals surface area contributed by atoms with Gasteiger partial charge in [-0.25, -0.2) is 0 Å². The van der Waals surface area contributed by atoms with E-state index in [1.807, 2.05) is 12.1 Å². The van der Waals surface area contributed by atoms with E-state index in [1.54, 1.807) is 36.4 Å². The van der Waals surface area contributed by atoms with Gasteiger partial charge in [0.15, 0.2) is 0 Å². The smallest absolute Gasteiger partial charge is 0.426 e. The van der Waals surface area contributed by atoms with Crippen LogP contribution in [0.3, 0.4) is 0 Å². The maximum absolute atomic E-state index is 13.0. The van der Waals surface area contributed by atoms with Crippen molar-refractivity contribution in [3.63, 3.8) is 0 Å². The highest BCUT2D eigenvalue weighted by Gasteiger charge is 2.75. The molecular weight excluding hydrogens is 431 g/mol. The largest absolute Gasteiger partial charge is 0.549 e. The molecule has 1 aliphatic carbocycles. The number of carbonyl (C=O) groups excluding carboxylic acids is 1. The van der Waals surface area contributed by atoms with E-state index < -0.39 is 39.8 Å². The Labute approximate surface area is 182 Å². The molecule has 1 aliphatic rings. The van der Waals surface area contributed by atoms with Crippen LogP contribution in [0.25, 0.3) is 0 Å². The van der Waals surface area contributed by atoms with Crippen LogP contribution in [0.5, 0.6) is 11.5 Å². The number of carboxylic acids is 1. The first-order chi connectivity index (χ1) is 14.5. The minimum absolute atomic E-state index is 0.298. The van der Waals surface area contributed by atoms with Crippen molar-refractivity contribution in [3.8, 4) is 17.6 Å². The highest BCUT2D eigenvalue weighted by Crippen LogP contribution is 2.75. The Kier molecular flexibility index (Phi) is 5.81. The molecule has 2 aromatic rings. The van der Waals surface area contributed by atoms with E-state index >= 15 is 0 Å². The van der Waals surface area contributed by atoms with Gasteiger partial charge in [-0.1, -0.05) is 61.9 Å². The highest BCUT2D eigenvalue weighted by atomic mass is 35.5. The number of rotatable bonds is 6. The van der Waals surface area contributed by atoms with Gasteiger partial charge in [0.2, 0.25) is 0 Å². The number of aliphatic carboxylic acids is 1. The molecule has 0 bridgehead atoms. The molecule has 0 N–H and O–H groups in total. The van der Waals surface area contributed by atoms with Gasteiger partial charge in [-0.05, 0) is 41.2 Å². The molecule has 0 heterocycles. The van der Waals surface area contributed by atoms with E-state index in [0.29, 0.717) is 23.1 Å². The number of hydrogen-bond donors (Lipinski definition) is 0. The molecule has 8 heteroatoms. The zero-order chi connectivity index (χ0) is 23.0. The number of ether oxygens (including phenoxy) is 1. The van der Waals surface area contributed by atoms with Crippen LogP contribution in [-0.2, 0) is 4.79 Å². The summed E-state index contributed by atoms with van der Waals surface area (Å²) in [5, 5.41) is 20.7. The molecule has 3 rings (SSSR count).